The first kappa shape index (κ1) is 81.1. The lowest BCUT2D eigenvalue weighted by atomic mass is 9.84. The van der Waals surface area contributed by atoms with E-state index in [1.54, 1.807) is 0 Å². The Morgan fingerprint density at radius 1 is 0.0929 bits per heavy atom. The Kier molecular flexibility index (Phi) is 19.6. The van der Waals surface area contributed by atoms with Crippen molar-refractivity contribution in [3.8, 4) is 89.0 Å². The van der Waals surface area contributed by atoms with Crippen LogP contribution in [0.4, 0.5) is 0 Å². The minimum Gasteiger partial charge on any atom is -0.456 e. The van der Waals surface area contributed by atoms with Crippen LogP contribution in [0.3, 0.4) is 0 Å². The molecule has 0 aliphatic heterocycles. The number of benzene rings is 26. The van der Waals surface area contributed by atoms with Crippen LogP contribution in [0, 0.1) is 0 Å². The molecule has 0 N–H and O–H groups in total. The molecule has 4 heterocycles. The fraction of sp³-hybridized carbons (Fsp3) is 0. The summed E-state index contributed by atoms with van der Waals surface area (Å²) in [7, 11) is 0. The van der Waals surface area contributed by atoms with Gasteiger partial charge < -0.3 is 17.7 Å². The maximum absolute atomic E-state index is 6.28. The van der Waals surface area contributed by atoms with Crippen LogP contribution in [-0.4, -0.2) is 0 Å². The molecule has 4 nitrogen and oxygen atoms in total. The van der Waals surface area contributed by atoms with Crippen molar-refractivity contribution in [2.24, 2.45) is 0 Å². The average Bonchev–Trinajstić information content (AvgIpc) is 0.737. The molecule has 0 saturated heterocycles. The number of fused-ring (bicyclic) bond motifs is 22. The quantitative estimate of drug-likeness (QED) is 0.142. The summed E-state index contributed by atoms with van der Waals surface area (Å²) >= 11 is 0. The average molecular weight is 1780 g/mol. The van der Waals surface area contributed by atoms with Gasteiger partial charge in [0.1, 0.15) is 44.7 Å². The van der Waals surface area contributed by atoms with E-state index >= 15 is 0 Å². The fourth-order valence-electron chi connectivity index (χ4n) is 22.6. The second-order valence-electron chi connectivity index (χ2n) is 36.4. The molecule has 30 aromatic rings. The van der Waals surface area contributed by atoms with Crippen LogP contribution in [0.25, 0.3) is 284 Å². The van der Waals surface area contributed by atoms with Gasteiger partial charge in [-0.3, -0.25) is 0 Å². The molecule has 4 aromatic heterocycles. The molecule has 0 saturated carbocycles. The van der Waals surface area contributed by atoms with E-state index in [4.69, 9.17) is 17.7 Å². The second kappa shape index (κ2) is 33.9. The summed E-state index contributed by atoms with van der Waals surface area (Å²) in [6, 6.07) is 182. The lowest BCUT2D eigenvalue weighted by molar-refractivity contribution is 0.668. The third kappa shape index (κ3) is 13.6. The summed E-state index contributed by atoms with van der Waals surface area (Å²) in [5, 5.41) is 34.5. The summed E-state index contributed by atoms with van der Waals surface area (Å²) in [6.45, 7) is 0. The van der Waals surface area contributed by atoms with E-state index in [2.05, 4.69) is 461 Å². The van der Waals surface area contributed by atoms with E-state index in [0.717, 1.165) is 87.8 Å². The van der Waals surface area contributed by atoms with E-state index < -0.39 is 0 Å². The normalized spacial score (nSPS) is 11.7. The zero-order valence-corrected chi connectivity index (χ0v) is 76.1. The molecule has 652 valence electrons. The Morgan fingerprint density at radius 3 is 0.564 bits per heavy atom. The Hall–Kier alpha value is -18.5. The molecule has 140 heavy (non-hydrogen) atoms. The van der Waals surface area contributed by atoms with Gasteiger partial charge in [-0.2, -0.15) is 0 Å². The Balaban J connectivity index is 0.0000000939. The lowest BCUT2D eigenvalue weighted by Crippen LogP contribution is -1.91. The zero-order chi connectivity index (χ0) is 92.2. The van der Waals surface area contributed by atoms with Gasteiger partial charge in [-0.25, -0.2) is 0 Å². The van der Waals surface area contributed by atoms with E-state index in [1.165, 1.54) is 197 Å². The van der Waals surface area contributed by atoms with Crippen molar-refractivity contribution in [1.82, 2.24) is 0 Å². The van der Waals surface area contributed by atoms with E-state index in [-0.39, 0.29) is 0 Å². The van der Waals surface area contributed by atoms with Crippen molar-refractivity contribution in [1.29, 1.82) is 0 Å². The van der Waals surface area contributed by atoms with Crippen molar-refractivity contribution < 1.29 is 17.7 Å². The molecule has 0 aliphatic rings. The third-order valence-electron chi connectivity index (χ3n) is 28.6. The molecule has 0 aliphatic carbocycles. The molecule has 0 atom stereocenters. The minimum absolute atomic E-state index is 0.921. The monoisotopic (exact) mass is 1780 g/mol. The third-order valence-corrected chi connectivity index (χ3v) is 28.6. The van der Waals surface area contributed by atoms with Crippen LogP contribution >= 0.6 is 0 Å². The minimum atomic E-state index is 0.921. The maximum Gasteiger partial charge on any atom is 0.136 e. The van der Waals surface area contributed by atoms with E-state index in [0.29, 0.717) is 0 Å². The van der Waals surface area contributed by atoms with E-state index in [1.807, 2.05) is 48.5 Å². The largest absolute Gasteiger partial charge is 0.456 e. The van der Waals surface area contributed by atoms with Crippen LogP contribution < -0.4 is 0 Å². The molecular weight excluding hydrogens is 1700 g/mol. The molecule has 0 radical (unpaired) electrons. The molecular formula is C136H84O4. The van der Waals surface area contributed by atoms with Crippen molar-refractivity contribution in [3.05, 3.63) is 510 Å². The maximum atomic E-state index is 6.28. The van der Waals surface area contributed by atoms with Gasteiger partial charge in [0, 0.05) is 43.1 Å². The highest BCUT2D eigenvalue weighted by molar-refractivity contribution is 6.29. The van der Waals surface area contributed by atoms with E-state index in [9.17, 15) is 0 Å². The summed E-state index contributed by atoms with van der Waals surface area (Å²) in [5.74, 6) is 0. The highest BCUT2D eigenvalue weighted by atomic mass is 16.3. The topological polar surface area (TPSA) is 52.6 Å². The summed E-state index contributed by atoms with van der Waals surface area (Å²) in [6.07, 6.45) is 0. The predicted molar refractivity (Wildman–Crippen MR) is 593 cm³/mol. The van der Waals surface area contributed by atoms with Crippen molar-refractivity contribution in [3.63, 3.8) is 0 Å². The highest BCUT2D eigenvalue weighted by Crippen LogP contribution is 2.52. The summed E-state index contributed by atoms with van der Waals surface area (Å²) in [4.78, 5) is 0. The van der Waals surface area contributed by atoms with Gasteiger partial charge in [-0.05, 0) is 270 Å². The number of para-hydroxylation sites is 4. The summed E-state index contributed by atoms with van der Waals surface area (Å²) < 4.78 is 24.7. The van der Waals surface area contributed by atoms with Crippen molar-refractivity contribution >= 4 is 195 Å². The van der Waals surface area contributed by atoms with Crippen LogP contribution in [0.2, 0.25) is 0 Å². The smallest absolute Gasteiger partial charge is 0.136 e. The van der Waals surface area contributed by atoms with Gasteiger partial charge in [-0.15, -0.1) is 0 Å². The van der Waals surface area contributed by atoms with Crippen LogP contribution in [0.15, 0.2) is 527 Å². The first-order chi connectivity index (χ1) is 69.5. The molecule has 0 fully saturated rings. The van der Waals surface area contributed by atoms with Gasteiger partial charge in [0.05, 0.1) is 0 Å². The molecule has 0 spiro atoms. The molecule has 4 heteroatoms. The first-order valence-corrected chi connectivity index (χ1v) is 48.0. The standard InChI is InChI=1S/2C36H22O.2C32H20O/c1-2-12-25-23(10-1)11-9-18-28(25)36-31-16-5-3-14-29(31)35(30-15-4-6-17-32(30)36)24-20-21-27-26-13-7-8-19-33(26)37-34(27)22-24;1-2-12-25-23(10-1)11-9-18-27(25)36-30-16-5-3-14-28(30)35(29-15-4-6-17-31(29)36)24-20-21-34-32(22-24)26-13-7-8-19-33(26)37-34;1-2-10-21(11-3-1)31-25-13-4-6-15-27(25)32(28-16-7-5-14-26(28)31)22-18-19-24-23-12-8-9-17-29(23)33-30(24)20-22;1-2-10-21(11-3-1)31-24-13-4-6-15-26(24)32(27-16-7-5-14-25(27)31)22-18-19-30-28(20-22)23-12-8-9-17-29(23)33-30/h2*1-22H;2*1-20H. The van der Waals surface area contributed by atoms with Crippen LogP contribution in [0.5, 0.6) is 0 Å². The van der Waals surface area contributed by atoms with Crippen molar-refractivity contribution in [2.75, 3.05) is 0 Å². The molecule has 30 rings (SSSR count). The Labute approximate surface area is 806 Å². The summed E-state index contributed by atoms with van der Waals surface area (Å²) in [5.41, 5.74) is 27.4. The number of furan rings is 4. The predicted octanol–water partition coefficient (Wildman–Crippen LogP) is 39.2. The number of hydrogen-bond acceptors (Lipinski definition) is 4. The SMILES string of the molecule is c1ccc(-c2c3ccccc3c(-c3ccc4c(c3)oc3ccccc34)c3ccccc23)cc1.c1ccc(-c2c3ccccc3c(-c3ccc4oc5ccccc5c4c3)c3ccccc23)cc1.c1ccc2c(-c3c4ccccc4c(-c4ccc5c(c4)oc4ccccc45)c4ccccc34)cccc2c1.c1ccc2c(-c3c4ccccc4c(-c4ccc5oc6ccccc6c5c4)c4ccccc34)cccc2c1. The van der Waals surface area contributed by atoms with Gasteiger partial charge in [0.2, 0.25) is 0 Å². The Morgan fingerprint density at radius 2 is 0.279 bits per heavy atom. The highest BCUT2D eigenvalue weighted by Gasteiger charge is 2.26. The first-order valence-electron chi connectivity index (χ1n) is 48.0. The zero-order valence-electron chi connectivity index (χ0n) is 76.1. The van der Waals surface area contributed by atoms with Gasteiger partial charge >= 0.3 is 0 Å². The second-order valence-corrected chi connectivity index (χ2v) is 36.4. The fourth-order valence-corrected chi connectivity index (χ4v) is 22.6. The Bertz CT molecular complexity index is 9980. The van der Waals surface area contributed by atoms with Gasteiger partial charge in [-0.1, -0.05) is 437 Å². The van der Waals surface area contributed by atoms with Crippen LogP contribution in [0.1, 0.15) is 0 Å². The molecule has 0 unspecified atom stereocenters. The van der Waals surface area contributed by atoms with Crippen molar-refractivity contribution in [2.45, 2.75) is 0 Å². The molecule has 0 bridgehead atoms. The number of hydrogen-bond donors (Lipinski definition) is 0. The van der Waals surface area contributed by atoms with Gasteiger partial charge in [0.15, 0.2) is 0 Å². The number of rotatable bonds is 8. The van der Waals surface area contributed by atoms with Gasteiger partial charge in [0.25, 0.3) is 0 Å². The van der Waals surface area contributed by atoms with Crippen LogP contribution in [-0.2, 0) is 0 Å². The molecule has 26 aromatic carbocycles. The lowest BCUT2D eigenvalue weighted by Gasteiger charge is -2.18. The molecule has 0 amide bonds.